The Kier molecular flexibility index (Phi) is 11.3. The second-order valence-electron chi connectivity index (χ2n) is 7.17. The van der Waals surface area contributed by atoms with Crippen LogP contribution in [0.5, 0.6) is 0 Å². The van der Waals surface area contributed by atoms with Gasteiger partial charge in [0.15, 0.2) is 0 Å². The van der Waals surface area contributed by atoms with E-state index in [2.05, 4.69) is 16.3 Å². The smallest absolute Gasteiger partial charge is 0.254 e. The first-order chi connectivity index (χ1) is 12.3. The zero-order valence-corrected chi connectivity index (χ0v) is 17.8. The van der Waals surface area contributed by atoms with Gasteiger partial charge in [0.05, 0.1) is 13.2 Å². The van der Waals surface area contributed by atoms with Gasteiger partial charge >= 0.3 is 0 Å². The molecule has 0 bridgehead atoms. The van der Waals surface area contributed by atoms with E-state index in [1.54, 1.807) is 0 Å². The Labute approximate surface area is 175 Å². The fourth-order valence-corrected chi connectivity index (χ4v) is 3.81. The normalized spacial score (nSPS) is 18.5. The summed E-state index contributed by atoms with van der Waals surface area (Å²) in [6.07, 6.45) is 3.46. The van der Waals surface area contributed by atoms with Crippen molar-refractivity contribution in [2.45, 2.75) is 25.8 Å². The maximum Gasteiger partial charge on any atom is 0.254 e. The summed E-state index contributed by atoms with van der Waals surface area (Å²) in [5.74, 6) is 0.955. The molecule has 0 aliphatic carbocycles. The van der Waals surface area contributed by atoms with E-state index >= 15 is 0 Å². The van der Waals surface area contributed by atoms with Crippen LogP contribution in [0.1, 0.15) is 35.2 Å². The number of piperidine rings is 1. The van der Waals surface area contributed by atoms with E-state index in [1.807, 2.05) is 30.1 Å². The van der Waals surface area contributed by atoms with Gasteiger partial charge in [-0.2, -0.15) is 0 Å². The van der Waals surface area contributed by atoms with E-state index in [0.717, 1.165) is 82.4 Å². The minimum Gasteiger partial charge on any atom is -0.379 e. The van der Waals surface area contributed by atoms with Crippen molar-refractivity contribution in [3.8, 4) is 0 Å². The van der Waals surface area contributed by atoms with Crippen molar-refractivity contribution in [1.82, 2.24) is 15.1 Å². The summed E-state index contributed by atoms with van der Waals surface area (Å²) in [5, 5.41) is 3.23. The van der Waals surface area contributed by atoms with Crippen LogP contribution < -0.4 is 5.32 Å². The van der Waals surface area contributed by atoms with Gasteiger partial charge in [0.25, 0.3) is 5.91 Å². The van der Waals surface area contributed by atoms with Gasteiger partial charge < -0.3 is 15.0 Å². The average Bonchev–Trinajstić information content (AvgIpc) is 2.67. The molecule has 3 rings (SSSR count). The number of nitrogens with one attached hydrogen (secondary N) is 1. The molecule has 2 heterocycles. The SMILES string of the molecule is CNCCC1CCN(C(=O)c2ccccc2CN2CCOCC2)CC1.Cl.Cl. The first kappa shape index (κ1) is 24.2. The number of benzene rings is 1. The summed E-state index contributed by atoms with van der Waals surface area (Å²) >= 11 is 0. The Morgan fingerprint density at radius 1 is 1.11 bits per heavy atom. The molecule has 0 spiro atoms. The lowest BCUT2D eigenvalue weighted by Crippen LogP contribution is -2.40. The number of rotatable bonds is 6. The van der Waals surface area contributed by atoms with Gasteiger partial charge in [-0.25, -0.2) is 0 Å². The number of amides is 1. The minimum absolute atomic E-state index is 0. The molecule has 27 heavy (non-hydrogen) atoms. The molecule has 0 aromatic heterocycles. The number of hydrogen-bond donors (Lipinski definition) is 1. The second-order valence-corrected chi connectivity index (χ2v) is 7.17. The standard InChI is InChI=1S/C20H31N3O2.2ClH/c1-21-9-6-17-7-10-23(11-8-17)20(24)19-5-3-2-4-18(19)16-22-12-14-25-15-13-22;;/h2-5,17,21H,6-16H2,1H3;2*1H. The highest BCUT2D eigenvalue weighted by Crippen LogP contribution is 2.23. The number of ether oxygens (including phenoxy) is 1. The molecule has 154 valence electrons. The number of carbonyl (C=O) groups excluding carboxylic acids is 1. The number of nitrogens with zero attached hydrogens (tertiary/aromatic N) is 2. The van der Waals surface area contributed by atoms with Gasteiger partial charge in [0.2, 0.25) is 0 Å². The zero-order valence-electron chi connectivity index (χ0n) is 16.2. The molecule has 1 aromatic rings. The maximum atomic E-state index is 13.1. The highest BCUT2D eigenvalue weighted by atomic mass is 35.5. The van der Waals surface area contributed by atoms with Crippen molar-refractivity contribution >= 4 is 30.7 Å². The van der Waals surface area contributed by atoms with E-state index in [4.69, 9.17) is 4.74 Å². The molecule has 2 aliphatic rings. The van der Waals surface area contributed by atoms with Crippen LogP contribution >= 0.6 is 24.8 Å². The summed E-state index contributed by atoms with van der Waals surface area (Å²) in [4.78, 5) is 17.5. The van der Waals surface area contributed by atoms with Crippen LogP contribution in [0, 0.1) is 5.92 Å². The molecule has 1 N–H and O–H groups in total. The molecule has 2 saturated heterocycles. The van der Waals surface area contributed by atoms with Crippen LogP contribution in [-0.4, -0.2) is 68.7 Å². The Balaban J connectivity index is 0.00000182. The third kappa shape index (κ3) is 6.91. The summed E-state index contributed by atoms with van der Waals surface area (Å²) in [5.41, 5.74) is 2.02. The monoisotopic (exact) mass is 417 g/mol. The number of hydrogen-bond acceptors (Lipinski definition) is 4. The Morgan fingerprint density at radius 2 is 1.78 bits per heavy atom. The van der Waals surface area contributed by atoms with Crippen LogP contribution in [-0.2, 0) is 11.3 Å². The molecular weight excluding hydrogens is 385 g/mol. The highest BCUT2D eigenvalue weighted by molar-refractivity contribution is 5.95. The third-order valence-electron chi connectivity index (χ3n) is 5.45. The number of halogens is 2. The topological polar surface area (TPSA) is 44.8 Å². The number of likely N-dealkylation sites (tertiary alicyclic amines) is 1. The molecule has 2 fully saturated rings. The van der Waals surface area contributed by atoms with Crippen molar-refractivity contribution in [2.24, 2.45) is 5.92 Å². The zero-order chi connectivity index (χ0) is 17.5. The Hall–Kier alpha value is -0.850. The van der Waals surface area contributed by atoms with Gasteiger partial charge in [0, 0.05) is 38.3 Å². The lowest BCUT2D eigenvalue weighted by molar-refractivity contribution is 0.0339. The molecule has 5 nitrogen and oxygen atoms in total. The van der Waals surface area contributed by atoms with Crippen LogP contribution in [0.15, 0.2) is 24.3 Å². The first-order valence-electron chi connectivity index (χ1n) is 9.60. The van der Waals surface area contributed by atoms with Crippen LogP contribution in [0.3, 0.4) is 0 Å². The Bertz CT molecular complexity index is 560. The molecule has 2 aliphatic heterocycles. The largest absolute Gasteiger partial charge is 0.379 e. The maximum absolute atomic E-state index is 13.1. The number of carbonyl (C=O) groups is 1. The fraction of sp³-hybridized carbons (Fsp3) is 0.650. The summed E-state index contributed by atoms with van der Waals surface area (Å²) in [6.45, 7) is 7.15. The summed E-state index contributed by atoms with van der Waals surface area (Å²) in [7, 11) is 2.00. The van der Waals surface area contributed by atoms with Crippen LogP contribution in [0.2, 0.25) is 0 Å². The van der Waals surface area contributed by atoms with Crippen LogP contribution in [0.4, 0.5) is 0 Å². The predicted molar refractivity (Wildman–Crippen MR) is 114 cm³/mol. The predicted octanol–water partition coefficient (Wildman–Crippen LogP) is 2.82. The van der Waals surface area contributed by atoms with E-state index in [0.29, 0.717) is 0 Å². The molecule has 0 radical (unpaired) electrons. The lowest BCUT2D eigenvalue weighted by atomic mass is 9.93. The first-order valence-corrected chi connectivity index (χ1v) is 9.60. The van der Waals surface area contributed by atoms with E-state index < -0.39 is 0 Å². The van der Waals surface area contributed by atoms with Gasteiger partial charge in [-0.1, -0.05) is 18.2 Å². The summed E-state index contributed by atoms with van der Waals surface area (Å²) < 4.78 is 5.43. The van der Waals surface area contributed by atoms with Gasteiger partial charge in [0.1, 0.15) is 0 Å². The van der Waals surface area contributed by atoms with Crippen molar-refractivity contribution in [2.75, 3.05) is 53.0 Å². The second kappa shape index (κ2) is 12.6. The average molecular weight is 418 g/mol. The van der Waals surface area contributed by atoms with Gasteiger partial charge in [-0.3, -0.25) is 9.69 Å². The van der Waals surface area contributed by atoms with Gasteiger partial charge in [-0.05, 0) is 50.4 Å². The van der Waals surface area contributed by atoms with Crippen molar-refractivity contribution in [3.63, 3.8) is 0 Å². The molecule has 7 heteroatoms. The minimum atomic E-state index is 0. The molecule has 0 atom stereocenters. The molecule has 0 saturated carbocycles. The van der Waals surface area contributed by atoms with Gasteiger partial charge in [-0.15, -0.1) is 24.8 Å². The third-order valence-corrected chi connectivity index (χ3v) is 5.45. The van der Waals surface area contributed by atoms with E-state index in [-0.39, 0.29) is 30.7 Å². The molecular formula is C20H33Cl2N3O2. The van der Waals surface area contributed by atoms with E-state index in [9.17, 15) is 4.79 Å². The van der Waals surface area contributed by atoms with E-state index in [1.165, 1.54) is 6.42 Å². The van der Waals surface area contributed by atoms with Crippen molar-refractivity contribution in [3.05, 3.63) is 35.4 Å². The highest BCUT2D eigenvalue weighted by Gasteiger charge is 2.25. The fourth-order valence-electron chi connectivity index (χ4n) is 3.81. The Morgan fingerprint density at radius 3 is 2.44 bits per heavy atom. The van der Waals surface area contributed by atoms with Crippen LogP contribution in [0.25, 0.3) is 0 Å². The quantitative estimate of drug-likeness (QED) is 0.772. The molecule has 1 amide bonds. The molecule has 0 unspecified atom stereocenters. The summed E-state index contributed by atoms with van der Waals surface area (Å²) in [6, 6.07) is 8.11. The lowest BCUT2D eigenvalue weighted by Gasteiger charge is -2.33. The number of morpholine rings is 1. The van der Waals surface area contributed by atoms with Crippen molar-refractivity contribution in [1.29, 1.82) is 0 Å². The molecule has 1 aromatic carbocycles. The van der Waals surface area contributed by atoms with Crippen molar-refractivity contribution < 1.29 is 9.53 Å².